The molecular formula is C25H22N2O4. The maximum atomic E-state index is 12.8. The fraction of sp³-hybridized carbons (Fsp3) is 0.200. The molecule has 0 fully saturated rings. The lowest BCUT2D eigenvalue weighted by Crippen LogP contribution is -2.26. The third-order valence-corrected chi connectivity index (χ3v) is 5.31. The van der Waals surface area contributed by atoms with Gasteiger partial charge in [-0.1, -0.05) is 36.4 Å². The molecule has 0 radical (unpaired) electrons. The van der Waals surface area contributed by atoms with E-state index >= 15 is 0 Å². The molecule has 0 saturated heterocycles. The van der Waals surface area contributed by atoms with Gasteiger partial charge in [-0.2, -0.15) is 0 Å². The van der Waals surface area contributed by atoms with E-state index in [-0.39, 0.29) is 11.9 Å². The average molecular weight is 414 g/mol. The van der Waals surface area contributed by atoms with Gasteiger partial charge in [0.1, 0.15) is 18.7 Å². The van der Waals surface area contributed by atoms with Crippen LogP contribution in [0.15, 0.2) is 71.1 Å². The van der Waals surface area contributed by atoms with Gasteiger partial charge in [-0.05, 0) is 48.4 Å². The zero-order valence-corrected chi connectivity index (χ0v) is 17.1. The van der Waals surface area contributed by atoms with Gasteiger partial charge in [0.25, 0.3) is 5.91 Å². The third-order valence-electron chi connectivity index (χ3n) is 5.31. The first-order valence-corrected chi connectivity index (χ1v) is 10.3. The van der Waals surface area contributed by atoms with Crippen LogP contribution in [0.5, 0.6) is 11.5 Å². The molecule has 1 unspecified atom stereocenters. The van der Waals surface area contributed by atoms with Gasteiger partial charge in [0.2, 0.25) is 0 Å². The van der Waals surface area contributed by atoms with Gasteiger partial charge >= 0.3 is 0 Å². The van der Waals surface area contributed by atoms with Crippen LogP contribution in [0.25, 0.3) is 11.1 Å². The van der Waals surface area contributed by atoms with Crippen molar-refractivity contribution in [2.75, 3.05) is 13.2 Å². The Kier molecular flexibility index (Phi) is 5.04. The Hall–Kier alpha value is -3.80. The number of fused-ring (bicyclic) bond motifs is 2. The number of hydrogen-bond acceptors (Lipinski definition) is 5. The number of ether oxygens (including phenoxy) is 2. The van der Waals surface area contributed by atoms with Gasteiger partial charge in [0.05, 0.1) is 6.04 Å². The number of oxazole rings is 1. The van der Waals surface area contributed by atoms with Crippen molar-refractivity contribution in [3.8, 4) is 11.5 Å². The van der Waals surface area contributed by atoms with Gasteiger partial charge in [0, 0.05) is 12.0 Å². The SMILES string of the molecule is CC(NC(=O)c1ccc2nc(Cc3ccccc3)oc2c1)c1ccc2c(c1)OCCO2. The van der Waals surface area contributed by atoms with Crippen LogP contribution in [0.2, 0.25) is 0 Å². The number of aromatic nitrogens is 1. The molecule has 1 aliphatic heterocycles. The molecule has 0 saturated carbocycles. The van der Waals surface area contributed by atoms with E-state index in [9.17, 15) is 4.79 Å². The maximum Gasteiger partial charge on any atom is 0.251 e. The molecule has 156 valence electrons. The van der Waals surface area contributed by atoms with Gasteiger partial charge in [-0.3, -0.25) is 4.79 Å². The average Bonchev–Trinajstić information content (AvgIpc) is 3.20. The van der Waals surface area contributed by atoms with Crippen molar-refractivity contribution in [1.82, 2.24) is 10.3 Å². The number of hydrogen-bond donors (Lipinski definition) is 1. The summed E-state index contributed by atoms with van der Waals surface area (Å²) >= 11 is 0. The lowest BCUT2D eigenvalue weighted by atomic mass is 10.1. The predicted molar refractivity (Wildman–Crippen MR) is 117 cm³/mol. The molecule has 0 spiro atoms. The molecule has 6 heteroatoms. The summed E-state index contributed by atoms with van der Waals surface area (Å²) in [6.45, 7) is 3.02. The zero-order chi connectivity index (χ0) is 21.2. The Morgan fingerprint density at radius 3 is 2.65 bits per heavy atom. The fourth-order valence-electron chi connectivity index (χ4n) is 3.65. The minimum atomic E-state index is -0.192. The minimum Gasteiger partial charge on any atom is -0.486 e. The van der Waals surface area contributed by atoms with E-state index < -0.39 is 0 Å². The van der Waals surface area contributed by atoms with E-state index in [2.05, 4.69) is 10.3 Å². The molecule has 6 nitrogen and oxygen atoms in total. The van der Waals surface area contributed by atoms with Gasteiger partial charge < -0.3 is 19.2 Å². The second kappa shape index (κ2) is 8.14. The number of nitrogens with one attached hydrogen (secondary N) is 1. The van der Waals surface area contributed by atoms with Crippen molar-refractivity contribution in [2.24, 2.45) is 0 Å². The summed E-state index contributed by atoms with van der Waals surface area (Å²) in [6.07, 6.45) is 0.609. The summed E-state index contributed by atoms with van der Waals surface area (Å²) in [4.78, 5) is 17.4. The normalized spacial score (nSPS) is 13.7. The highest BCUT2D eigenvalue weighted by Gasteiger charge is 2.17. The summed E-state index contributed by atoms with van der Waals surface area (Å²) in [5, 5.41) is 3.03. The quantitative estimate of drug-likeness (QED) is 0.513. The number of benzene rings is 3. The summed E-state index contributed by atoms with van der Waals surface area (Å²) in [5.74, 6) is 1.89. The van der Waals surface area contributed by atoms with E-state index in [0.29, 0.717) is 42.4 Å². The highest BCUT2D eigenvalue weighted by atomic mass is 16.6. The van der Waals surface area contributed by atoms with Crippen LogP contribution in [0.3, 0.4) is 0 Å². The van der Waals surface area contributed by atoms with Crippen LogP contribution < -0.4 is 14.8 Å². The molecule has 1 atom stereocenters. The summed E-state index contributed by atoms with van der Waals surface area (Å²) in [6, 6.07) is 20.9. The molecule has 1 N–H and O–H groups in total. The first-order chi connectivity index (χ1) is 15.2. The van der Waals surface area contributed by atoms with Crippen molar-refractivity contribution in [3.05, 3.63) is 89.3 Å². The molecule has 4 aromatic rings. The zero-order valence-electron chi connectivity index (χ0n) is 17.1. The number of amides is 1. The fourth-order valence-corrected chi connectivity index (χ4v) is 3.65. The molecule has 1 aliphatic rings. The molecule has 1 amide bonds. The van der Waals surface area contributed by atoms with Gasteiger partial charge in [0.15, 0.2) is 23.0 Å². The van der Waals surface area contributed by atoms with Crippen LogP contribution in [0.4, 0.5) is 0 Å². The summed E-state index contributed by atoms with van der Waals surface area (Å²) in [5.41, 5.74) is 3.94. The molecule has 0 aliphatic carbocycles. The first-order valence-electron chi connectivity index (χ1n) is 10.3. The lowest BCUT2D eigenvalue weighted by molar-refractivity contribution is 0.0939. The molecule has 31 heavy (non-hydrogen) atoms. The number of carbonyl (C=O) groups is 1. The topological polar surface area (TPSA) is 73.6 Å². The van der Waals surface area contributed by atoms with E-state index in [1.54, 1.807) is 12.1 Å². The van der Waals surface area contributed by atoms with Crippen LogP contribution in [-0.4, -0.2) is 24.1 Å². The second-order valence-corrected chi connectivity index (χ2v) is 7.55. The number of nitrogens with zero attached hydrogens (tertiary/aromatic N) is 1. The first kappa shape index (κ1) is 19.2. The third kappa shape index (κ3) is 4.10. The molecule has 3 aromatic carbocycles. The van der Waals surface area contributed by atoms with E-state index in [4.69, 9.17) is 13.9 Å². The largest absolute Gasteiger partial charge is 0.486 e. The van der Waals surface area contributed by atoms with Crippen LogP contribution in [0.1, 0.15) is 40.3 Å². The molecular weight excluding hydrogens is 392 g/mol. The summed E-state index contributed by atoms with van der Waals surface area (Å²) in [7, 11) is 0. The van der Waals surface area contributed by atoms with E-state index in [1.807, 2.05) is 61.5 Å². The Morgan fingerprint density at radius 2 is 1.81 bits per heavy atom. The van der Waals surface area contributed by atoms with Gasteiger partial charge in [-0.25, -0.2) is 4.98 Å². The molecule has 1 aromatic heterocycles. The lowest BCUT2D eigenvalue weighted by Gasteiger charge is -2.21. The number of rotatable bonds is 5. The smallest absolute Gasteiger partial charge is 0.251 e. The molecule has 0 bridgehead atoms. The van der Waals surface area contributed by atoms with E-state index in [1.165, 1.54) is 0 Å². The van der Waals surface area contributed by atoms with Crippen molar-refractivity contribution in [3.63, 3.8) is 0 Å². The Balaban J connectivity index is 1.31. The van der Waals surface area contributed by atoms with Crippen molar-refractivity contribution < 1.29 is 18.7 Å². The monoisotopic (exact) mass is 414 g/mol. The van der Waals surface area contributed by atoms with E-state index in [0.717, 1.165) is 22.4 Å². The molecule has 2 heterocycles. The predicted octanol–water partition coefficient (Wildman–Crippen LogP) is 4.68. The van der Waals surface area contributed by atoms with Crippen molar-refractivity contribution in [1.29, 1.82) is 0 Å². The minimum absolute atomic E-state index is 0.176. The van der Waals surface area contributed by atoms with Crippen LogP contribution in [0, 0.1) is 0 Å². The second-order valence-electron chi connectivity index (χ2n) is 7.55. The Labute approximate surface area is 179 Å². The summed E-state index contributed by atoms with van der Waals surface area (Å²) < 4.78 is 17.1. The Bertz CT molecular complexity index is 1230. The van der Waals surface area contributed by atoms with Crippen molar-refractivity contribution in [2.45, 2.75) is 19.4 Å². The molecule has 5 rings (SSSR count). The van der Waals surface area contributed by atoms with Crippen molar-refractivity contribution >= 4 is 17.0 Å². The highest BCUT2D eigenvalue weighted by Crippen LogP contribution is 2.32. The van der Waals surface area contributed by atoms with Crippen LogP contribution in [-0.2, 0) is 6.42 Å². The Morgan fingerprint density at radius 1 is 1.00 bits per heavy atom. The van der Waals surface area contributed by atoms with Gasteiger partial charge in [-0.15, -0.1) is 0 Å². The number of carbonyl (C=O) groups excluding carboxylic acids is 1. The van der Waals surface area contributed by atoms with Crippen LogP contribution >= 0.6 is 0 Å². The standard InChI is InChI=1S/C25H22N2O4/c1-16(18-8-10-21-23(14-18)30-12-11-29-21)26-25(28)19-7-9-20-22(15-19)31-24(27-20)13-17-5-3-2-4-6-17/h2-10,14-16H,11-13H2,1H3,(H,26,28). The highest BCUT2D eigenvalue weighted by molar-refractivity contribution is 5.97. The maximum absolute atomic E-state index is 12.8.